The molecule has 3 heteroatoms. The van der Waals surface area contributed by atoms with E-state index in [-0.39, 0.29) is 6.61 Å². The molecule has 1 N–H and O–H groups in total. The maximum atomic E-state index is 8.70. The van der Waals surface area contributed by atoms with Gasteiger partial charge in [-0.2, -0.15) is 0 Å². The Balaban J connectivity index is 1.78. The predicted octanol–water partition coefficient (Wildman–Crippen LogP) is 3.97. The van der Waals surface area contributed by atoms with Crippen LogP contribution in [-0.4, -0.2) is 17.8 Å². The first-order valence-corrected chi connectivity index (χ1v) is 8.43. The van der Waals surface area contributed by atoms with Crippen LogP contribution in [-0.2, 0) is 11.3 Å². The fourth-order valence-electron chi connectivity index (χ4n) is 2.69. The third kappa shape index (κ3) is 4.94. The van der Waals surface area contributed by atoms with Crippen molar-refractivity contribution in [2.24, 2.45) is 5.92 Å². The summed E-state index contributed by atoms with van der Waals surface area (Å²) in [6.07, 6.45) is 7.40. The molecule has 1 aromatic heterocycles. The number of rotatable bonds is 5. The minimum atomic E-state index is 0.134. The molecule has 0 amide bonds. The molecular formula is C17H24O2S. The number of hydrogen-bond donors (Lipinski definition) is 1. The van der Waals surface area contributed by atoms with Gasteiger partial charge in [0.1, 0.15) is 0 Å². The van der Waals surface area contributed by atoms with E-state index in [9.17, 15) is 0 Å². The highest BCUT2D eigenvalue weighted by Gasteiger charge is 2.21. The minimum absolute atomic E-state index is 0.134. The summed E-state index contributed by atoms with van der Waals surface area (Å²) < 4.78 is 6.06. The van der Waals surface area contributed by atoms with Gasteiger partial charge in [-0.05, 0) is 30.9 Å². The molecule has 2 atom stereocenters. The number of thiophene rings is 1. The van der Waals surface area contributed by atoms with Crippen molar-refractivity contribution in [1.29, 1.82) is 0 Å². The molecule has 0 bridgehead atoms. The molecule has 20 heavy (non-hydrogen) atoms. The zero-order chi connectivity index (χ0) is 14.2. The third-order valence-corrected chi connectivity index (χ3v) is 4.86. The summed E-state index contributed by atoms with van der Waals surface area (Å²) in [5.74, 6) is 6.88. The molecule has 2 rings (SSSR count). The maximum absolute atomic E-state index is 8.70. The maximum Gasteiger partial charge on any atom is 0.0813 e. The van der Waals surface area contributed by atoms with E-state index in [1.54, 1.807) is 11.3 Å². The summed E-state index contributed by atoms with van der Waals surface area (Å²) in [4.78, 5) is 2.31. The Morgan fingerprint density at radius 1 is 1.40 bits per heavy atom. The topological polar surface area (TPSA) is 29.5 Å². The summed E-state index contributed by atoms with van der Waals surface area (Å²) in [6.45, 7) is 3.13. The Kier molecular flexibility index (Phi) is 6.59. The van der Waals surface area contributed by atoms with Crippen LogP contribution in [0.15, 0.2) is 12.1 Å². The van der Waals surface area contributed by atoms with Crippen molar-refractivity contribution in [3.8, 4) is 11.8 Å². The molecular weight excluding hydrogens is 268 g/mol. The first-order chi connectivity index (χ1) is 9.81. The van der Waals surface area contributed by atoms with E-state index in [0.717, 1.165) is 10.8 Å². The lowest BCUT2D eigenvalue weighted by molar-refractivity contribution is 0.00298. The zero-order valence-corrected chi connectivity index (χ0v) is 13.0. The minimum Gasteiger partial charge on any atom is -0.395 e. The van der Waals surface area contributed by atoms with Gasteiger partial charge in [-0.25, -0.2) is 0 Å². The smallest absolute Gasteiger partial charge is 0.0813 e. The molecule has 1 aliphatic rings. The Labute approximate surface area is 126 Å². The molecule has 1 aliphatic carbocycles. The van der Waals surface area contributed by atoms with E-state index in [2.05, 4.69) is 24.8 Å². The normalized spacial score (nSPS) is 22.3. The molecule has 0 saturated heterocycles. The van der Waals surface area contributed by atoms with Crippen LogP contribution >= 0.6 is 11.3 Å². The molecule has 1 heterocycles. The SMILES string of the molecule is CCC1CCCC(OCc2ccc(C#CCCO)s2)C1. The van der Waals surface area contributed by atoms with Crippen molar-refractivity contribution in [3.05, 3.63) is 21.9 Å². The van der Waals surface area contributed by atoms with Crippen molar-refractivity contribution < 1.29 is 9.84 Å². The monoisotopic (exact) mass is 292 g/mol. The number of hydrogen-bond acceptors (Lipinski definition) is 3. The van der Waals surface area contributed by atoms with E-state index >= 15 is 0 Å². The van der Waals surface area contributed by atoms with Gasteiger partial charge in [0.25, 0.3) is 0 Å². The first kappa shape index (κ1) is 15.6. The Bertz CT molecular complexity index is 455. The third-order valence-electron chi connectivity index (χ3n) is 3.88. The van der Waals surface area contributed by atoms with Crippen molar-refractivity contribution in [3.63, 3.8) is 0 Å². The van der Waals surface area contributed by atoms with Gasteiger partial charge in [-0.1, -0.05) is 38.0 Å². The predicted molar refractivity (Wildman–Crippen MR) is 83.7 cm³/mol. The summed E-state index contributed by atoms with van der Waals surface area (Å²) in [5.41, 5.74) is 0. The van der Waals surface area contributed by atoms with Crippen LogP contribution in [0.2, 0.25) is 0 Å². The van der Waals surface area contributed by atoms with Crippen molar-refractivity contribution >= 4 is 11.3 Å². The van der Waals surface area contributed by atoms with Gasteiger partial charge in [0.15, 0.2) is 0 Å². The van der Waals surface area contributed by atoms with Crippen molar-refractivity contribution in [1.82, 2.24) is 0 Å². The molecule has 2 unspecified atom stereocenters. The van der Waals surface area contributed by atoms with E-state index in [0.29, 0.717) is 19.1 Å². The second-order valence-corrected chi connectivity index (χ2v) is 6.58. The van der Waals surface area contributed by atoms with Gasteiger partial charge in [-0.3, -0.25) is 0 Å². The van der Waals surface area contributed by atoms with Crippen molar-refractivity contribution in [2.75, 3.05) is 6.61 Å². The quantitative estimate of drug-likeness (QED) is 0.832. The zero-order valence-electron chi connectivity index (χ0n) is 12.2. The van der Waals surface area contributed by atoms with Gasteiger partial charge in [0, 0.05) is 11.3 Å². The Morgan fingerprint density at radius 2 is 2.30 bits per heavy atom. The van der Waals surface area contributed by atoms with Crippen LogP contribution < -0.4 is 0 Å². The lowest BCUT2D eigenvalue weighted by Gasteiger charge is -2.28. The lowest BCUT2D eigenvalue weighted by Crippen LogP contribution is -2.22. The van der Waals surface area contributed by atoms with Crippen LogP contribution in [0.25, 0.3) is 0 Å². The highest BCUT2D eigenvalue weighted by molar-refractivity contribution is 7.12. The Morgan fingerprint density at radius 3 is 3.10 bits per heavy atom. The molecule has 1 aromatic rings. The highest BCUT2D eigenvalue weighted by Crippen LogP contribution is 2.29. The lowest BCUT2D eigenvalue weighted by atomic mass is 9.85. The van der Waals surface area contributed by atoms with Crippen LogP contribution in [0.4, 0.5) is 0 Å². The van der Waals surface area contributed by atoms with Gasteiger partial charge in [-0.15, -0.1) is 11.3 Å². The van der Waals surface area contributed by atoms with Crippen LogP contribution in [0.1, 0.15) is 55.2 Å². The largest absolute Gasteiger partial charge is 0.395 e. The summed E-state index contributed by atoms with van der Waals surface area (Å²) in [7, 11) is 0. The average Bonchev–Trinajstić information content (AvgIpc) is 2.94. The van der Waals surface area contributed by atoms with E-state index < -0.39 is 0 Å². The van der Waals surface area contributed by atoms with Gasteiger partial charge < -0.3 is 9.84 Å². The molecule has 0 spiro atoms. The molecule has 1 fully saturated rings. The molecule has 110 valence electrons. The highest BCUT2D eigenvalue weighted by atomic mass is 32.1. The van der Waals surface area contributed by atoms with Crippen LogP contribution in [0, 0.1) is 17.8 Å². The standard InChI is InChI=1S/C17H24O2S/c1-2-14-6-5-7-15(12-14)19-13-17-10-9-16(20-17)8-3-4-11-18/h9-10,14-15,18H,2,4-7,11-13H2,1H3. The first-order valence-electron chi connectivity index (χ1n) is 7.61. The van der Waals surface area contributed by atoms with Crippen molar-refractivity contribution in [2.45, 2.75) is 58.2 Å². The van der Waals surface area contributed by atoms with E-state index in [1.807, 2.05) is 6.07 Å². The van der Waals surface area contributed by atoms with E-state index in [4.69, 9.17) is 9.84 Å². The second-order valence-electron chi connectivity index (χ2n) is 5.42. The molecule has 1 saturated carbocycles. The van der Waals surface area contributed by atoms with Crippen LogP contribution in [0.3, 0.4) is 0 Å². The summed E-state index contributed by atoms with van der Waals surface area (Å²) >= 11 is 1.70. The summed E-state index contributed by atoms with van der Waals surface area (Å²) in [5, 5.41) is 8.70. The Hall–Kier alpha value is -0.820. The molecule has 2 nitrogen and oxygen atoms in total. The number of aliphatic hydroxyl groups is 1. The van der Waals surface area contributed by atoms with E-state index in [1.165, 1.54) is 37.0 Å². The summed E-state index contributed by atoms with van der Waals surface area (Å²) in [6, 6.07) is 4.15. The average molecular weight is 292 g/mol. The number of ether oxygens (including phenoxy) is 1. The fraction of sp³-hybridized carbons (Fsp3) is 0.647. The number of aliphatic hydroxyl groups excluding tert-OH is 1. The fourth-order valence-corrected chi connectivity index (χ4v) is 3.50. The van der Waals surface area contributed by atoms with Gasteiger partial charge >= 0.3 is 0 Å². The second kappa shape index (κ2) is 8.46. The molecule has 0 aliphatic heterocycles. The van der Waals surface area contributed by atoms with Crippen LogP contribution in [0.5, 0.6) is 0 Å². The molecule has 0 radical (unpaired) electrons. The molecule has 0 aromatic carbocycles. The van der Waals surface area contributed by atoms with Gasteiger partial charge in [0.05, 0.1) is 24.2 Å². The van der Waals surface area contributed by atoms with Gasteiger partial charge in [0.2, 0.25) is 0 Å².